The zero-order valence-electron chi connectivity index (χ0n) is 14.1. The minimum absolute atomic E-state index is 0. The summed E-state index contributed by atoms with van der Waals surface area (Å²) < 4.78 is 5.89. The summed E-state index contributed by atoms with van der Waals surface area (Å²) in [5.41, 5.74) is 2.93. The molecule has 2 aromatic carbocycles. The normalized spacial score (nSPS) is 22.8. The third-order valence-electron chi connectivity index (χ3n) is 5.20. The van der Waals surface area contributed by atoms with Gasteiger partial charge in [0.1, 0.15) is 12.4 Å². The lowest BCUT2D eigenvalue weighted by Gasteiger charge is -2.15. The summed E-state index contributed by atoms with van der Waals surface area (Å²) >= 11 is 0. The summed E-state index contributed by atoms with van der Waals surface area (Å²) in [5.74, 6) is 2.40. The molecule has 0 bridgehead atoms. The van der Waals surface area contributed by atoms with Crippen LogP contribution in [0.1, 0.15) is 42.2 Å². The van der Waals surface area contributed by atoms with E-state index in [1.807, 2.05) is 0 Å². The molecule has 2 aromatic rings. The number of benzene rings is 2. The quantitative estimate of drug-likeness (QED) is 0.743. The molecule has 3 heteroatoms. The van der Waals surface area contributed by atoms with Crippen molar-refractivity contribution in [1.82, 2.24) is 4.90 Å². The summed E-state index contributed by atoms with van der Waals surface area (Å²) in [7, 11) is 0. The van der Waals surface area contributed by atoms with E-state index in [4.69, 9.17) is 4.74 Å². The van der Waals surface area contributed by atoms with E-state index in [0.29, 0.717) is 11.8 Å². The lowest BCUT2D eigenvalue weighted by molar-refractivity contribution is 0.238. The van der Waals surface area contributed by atoms with Crippen LogP contribution in [0.3, 0.4) is 0 Å². The molecule has 128 valence electrons. The van der Waals surface area contributed by atoms with Crippen LogP contribution in [-0.2, 0) is 0 Å². The van der Waals surface area contributed by atoms with Crippen molar-refractivity contribution in [3.05, 3.63) is 65.7 Å². The second-order valence-corrected chi connectivity index (χ2v) is 6.83. The maximum absolute atomic E-state index is 5.89. The van der Waals surface area contributed by atoms with Crippen LogP contribution in [0.15, 0.2) is 54.6 Å². The number of hydrogen-bond acceptors (Lipinski definition) is 2. The monoisotopic (exact) mass is 343 g/mol. The van der Waals surface area contributed by atoms with Gasteiger partial charge in [-0.3, -0.25) is 4.90 Å². The fourth-order valence-electron chi connectivity index (χ4n) is 3.74. The summed E-state index contributed by atoms with van der Waals surface area (Å²) in [6.07, 6.45) is 3.97. The molecule has 1 heterocycles. The first kappa shape index (κ1) is 17.3. The van der Waals surface area contributed by atoms with E-state index in [9.17, 15) is 0 Å². The van der Waals surface area contributed by atoms with Crippen LogP contribution in [0.5, 0.6) is 5.75 Å². The van der Waals surface area contributed by atoms with Crippen LogP contribution in [0.4, 0.5) is 0 Å². The van der Waals surface area contributed by atoms with Gasteiger partial charge in [-0.25, -0.2) is 0 Å². The zero-order chi connectivity index (χ0) is 15.5. The Morgan fingerprint density at radius 2 is 1.46 bits per heavy atom. The first-order valence-corrected chi connectivity index (χ1v) is 8.90. The van der Waals surface area contributed by atoms with Crippen molar-refractivity contribution < 1.29 is 4.74 Å². The van der Waals surface area contributed by atoms with Crippen molar-refractivity contribution >= 4 is 12.4 Å². The predicted molar refractivity (Wildman–Crippen MR) is 101 cm³/mol. The van der Waals surface area contributed by atoms with Gasteiger partial charge in [0.2, 0.25) is 0 Å². The molecule has 1 saturated heterocycles. The SMILES string of the molecule is Cl.c1ccc(C2CC2c2ccc(OCCN3CCCC3)cc2)cc1. The summed E-state index contributed by atoms with van der Waals surface area (Å²) in [4.78, 5) is 2.49. The molecule has 0 spiro atoms. The minimum atomic E-state index is 0. The third kappa shape index (κ3) is 4.12. The molecular weight excluding hydrogens is 318 g/mol. The molecule has 1 saturated carbocycles. The number of halogens is 1. The molecule has 0 amide bonds. The fraction of sp³-hybridized carbons (Fsp3) is 0.429. The standard InChI is InChI=1S/C21H25NO.ClH/c1-2-6-17(7-3-1)20-16-21(20)18-8-10-19(11-9-18)23-15-14-22-12-4-5-13-22;/h1-3,6-11,20-21H,4-5,12-16H2;1H. The highest BCUT2D eigenvalue weighted by molar-refractivity contribution is 5.85. The van der Waals surface area contributed by atoms with E-state index >= 15 is 0 Å². The van der Waals surface area contributed by atoms with Gasteiger partial charge in [0.15, 0.2) is 0 Å². The van der Waals surface area contributed by atoms with E-state index in [0.717, 1.165) is 18.9 Å². The van der Waals surface area contributed by atoms with Gasteiger partial charge in [-0.15, -0.1) is 12.4 Å². The molecule has 2 atom stereocenters. The van der Waals surface area contributed by atoms with E-state index in [1.54, 1.807) is 0 Å². The van der Waals surface area contributed by atoms with E-state index in [-0.39, 0.29) is 12.4 Å². The minimum Gasteiger partial charge on any atom is -0.492 e. The number of nitrogens with zero attached hydrogens (tertiary/aromatic N) is 1. The fourth-order valence-corrected chi connectivity index (χ4v) is 3.74. The van der Waals surface area contributed by atoms with Crippen molar-refractivity contribution in [2.24, 2.45) is 0 Å². The maximum Gasteiger partial charge on any atom is 0.119 e. The predicted octanol–water partition coefficient (Wildman–Crippen LogP) is 4.85. The maximum atomic E-state index is 5.89. The van der Waals surface area contributed by atoms with E-state index in [2.05, 4.69) is 59.5 Å². The Morgan fingerprint density at radius 3 is 2.12 bits per heavy atom. The first-order chi connectivity index (χ1) is 11.4. The largest absolute Gasteiger partial charge is 0.492 e. The van der Waals surface area contributed by atoms with Gasteiger partial charge in [-0.1, -0.05) is 42.5 Å². The van der Waals surface area contributed by atoms with Crippen LogP contribution < -0.4 is 4.74 Å². The number of likely N-dealkylation sites (tertiary alicyclic amines) is 1. The topological polar surface area (TPSA) is 12.5 Å². The highest BCUT2D eigenvalue weighted by atomic mass is 35.5. The van der Waals surface area contributed by atoms with Crippen molar-refractivity contribution in [2.45, 2.75) is 31.1 Å². The molecule has 24 heavy (non-hydrogen) atoms. The number of hydrogen-bond donors (Lipinski definition) is 0. The van der Waals surface area contributed by atoms with Gasteiger partial charge >= 0.3 is 0 Å². The molecule has 1 aliphatic heterocycles. The van der Waals surface area contributed by atoms with Crippen molar-refractivity contribution in [2.75, 3.05) is 26.2 Å². The molecule has 2 nitrogen and oxygen atoms in total. The van der Waals surface area contributed by atoms with Gasteiger partial charge in [0.25, 0.3) is 0 Å². The van der Waals surface area contributed by atoms with E-state index < -0.39 is 0 Å². The molecular formula is C21H26ClNO. The molecule has 0 N–H and O–H groups in total. The zero-order valence-corrected chi connectivity index (χ0v) is 14.9. The Kier molecular flexibility index (Phi) is 5.80. The molecule has 0 radical (unpaired) electrons. The Bertz CT molecular complexity index is 622. The lowest BCUT2D eigenvalue weighted by Crippen LogP contribution is -2.25. The number of rotatable bonds is 6. The summed E-state index contributed by atoms with van der Waals surface area (Å²) in [6.45, 7) is 4.34. The van der Waals surface area contributed by atoms with Gasteiger partial charge in [0.05, 0.1) is 0 Å². The third-order valence-corrected chi connectivity index (χ3v) is 5.20. The average Bonchev–Trinajstić information content (AvgIpc) is 3.24. The van der Waals surface area contributed by atoms with Gasteiger partial charge in [0, 0.05) is 6.54 Å². The van der Waals surface area contributed by atoms with Crippen LogP contribution in [0, 0.1) is 0 Å². The lowest BCUT2D eigenvalue weighted by atomic mass is 10.0. The Hall–Kier alpha value is -1.51. The molecule has 4 rings (SSSR count). The summed E-state index contributed by atoms with van der Waals surface area (Å²) in [6, 6.07) is 19.6. The number of ether oxygens (including phenoxy) is 1. The highest BCUT2D eigenvalue weighted by Gasteiger charge is 2.39. The van der Waals surface area contributed by atoms with Gasteiger partial charge in [-0.2, -0.15) is 0 Å². The molecule has 0 aromatic heterocycles. The summed E-state index contributed by atoms with van der Waals surface area (Å²) in [5, 5.41) is 0. The van der Waals surface area contributed by atoms with Crippen LogP contribution in [-0.4, -0.2) is 31.1 Å². The van der Waals surface area contributed by atoms with Crippen molar-refractivity contribution in [3.8, 4) is 5.75 Å². The van der Waals surface area contributed by atoms with Gasteiger partial charge in [-0.05, 0) is 67.4 Å². The van der Waals surface area contributed by atoms with Crippen LogP contribution >= 0.6 is 12.4 Å². The highest BCUT2D eigenvalue weighted by Crippen LogP contribution is 2.54. The second kappa shape index (κ2) is 8.04. The Balaban J connectivity index is 0.00000169. The first-order valence-electron chi connectivity index (χ1n) is 8.90. The molecule has 1 aliphatic carbocycles. The van der Waals surface area contributed by atoms with Crippen LogP contribution in [0.2, 0.25) is 0 Å². The van der Waals surface area contributed by atoms with Crippen LogP contribution in [0.25, 0.3) is 0 Å². The second-order valence-electron chi connectivity index (χ2n) is 6.83. The van der Waals surface area contributed by atoms with Gasteiger partial charge < -0.3 is 4.74 Å². The Morgan fingerprint density at radius 1 is 0.833 bits per heavy atom. The smallest absolute Gasteiger partial charge is 0.119 e. The molecule has 2 aliphatic rings. The van der Waals surface area contributed by atoms with Crippen molar-refractivity contribution in [3.63, 3.8) is 0 Å². The van der Waals surface area contributed by atoms with E-state index in [1.165, 1.54) is 43.5 Å². The van der Waals surface area contributed by atoms with Crippen molar-refractivity contribution in [1.29, 1.82) is 0 Å². The molecule has 2 unspecified atom stereocenters. The molecule has 2 fully saturated rings. The average molecular weight is 344 g/mol. The Labute approximate surface area is 151 Å².